The third kappa shape index (κ3) is 8.29. The van der Waals surface area contributed by atoms with Crippen molar-refractivity contribution in [2.75, 3.05) is 50.0 Å². The average Bonchev–Trinajstić information content (AvgIpc) is 2.57. The van der Waals surface area contributed by atoms with Gasteiger partial charge in [0.05, 0.1) is 18.9 Å². The topological polar surface area (TPSA) is 96.7 Å². The van der Waals surface area contributed by atoms with Crippen LogP contribution in [0.3, 0.4) is 0 Å². The van der Waals surface area contributed by atoms with Crippen molar-refractivity contribution in [1.82, 2.24) is 4.90 Å². The lowest BCUT2D eigenvalue weighted by Crippen LogP contribution is -2.38. The van der Waals surface area contributed by atoms with E-state index in [-0.39, 0.29) is 61.7 Å². The summed E-state index contributed by atoms with van der Waals surface area (Å²) in [4.78, 5) is 25.7. The van der Waals surface area contributed by atoms with Gasteiger partial charge in [-0.2, -0.15) is 0 Å². The number of nitrogens with zero attached hydrogens (tertiary/aromatic N) is 1. The average molecular weight is 411 g/mol. The quantitative estimate of drug-likeness (QED) is 0.634. The number of carbonyl (C=O) groups is 2. The Hall–Kier alpha value is -1.45. The van der Waals surface area contributed by atoms with Crippen LogP contribution in [0, 0.1) is 5.82 Å². The number of hydrogen-bond acceptors (Lipinski definition) is 5. The van der Waals surface area contributed by atoms with Crippen LogP contribution in [0.5, 0.6) is 0 Å². The van der Waals surface area contributed by atoms with E-state index in [4.69, 9.17) is 10.5 Å². The summed E-state index contributed by atoms with van der Waals surface area (Å²) >= 11 is 0. The lowest BCUT2D eigenvalue weighted by molar-refractivity contribution is -0.117. The van der Waals surface area contributed by atoms with Crippen molar-refractivity contribution in [3.63, 3.8) is 0 Å². The SMILES string of the molecule is Cl.Cl.NCCC(=O)Nc1ccc(F)c(NC(=O)CCN2CCOCC2)c1. The molecule has 0 radical (unpaired) electrons. The number of morpholine rings is 1. The Morgan fingerprint density at radius 3 is 2.42 bits per heavy atom. The van der Waals surface area contributed by atoms with Crippen LogP contribution in [0.25, 0.3) is 0 Å². The van der Waals surface area contributed by atoms with E-state index in [9.17, 15) is 14.0 Å². The molecule has 10 heteroatoms. The van der Waals surface area contributed by atoms with Crippen molar-refractivity contribution in [2.24, 2.45) is 5.73 Å². The van der Waals surface area contributed by atoms with Crippen molar-refractivity contribution in [2.45, 2.75) is 12.8 Å². The zero-order valence-corrected chi connectivity index (χ0v) is 16.0. The molecular weight excluding hydrogens is 386 g/mol. The van der Waals surface area contributed by atoms with Crippen LogP contribution in [0.1, 0.15) is 12.8 Å². The number of carbonyl (C=O) groups excluding carboxylic acids is 2. The van der Waals surface area contributed by atoms with Crippen molar-refractivity contribution in [3.05, 3.63) is 24.0 Å². The summed E-state index contributed by atoms with van der Waals surface area (Å²) in [5.74, 6) is -1.08. The molecule has 7 nitrogen and oxygen atoms in total. The van der Waals surface area contributed by atoms with Crippen molar-refractivity contribution >= 4 is 48.0 Å². The first kappa shape index (κ1) is 24.6. The second-order valence-electron chi connectivity index (χ2n) is 5.53. The Labute approximate surface area is 164 Å². The van der Waals surface area contributed by atoms with Crippen LogP contribution in [-0.2, 0) is 14.3 Å². The lowest BCUT2D eigenvalue weighted by Gasteiger charge is -2.26. The second-order valence-corrected chi connectivity index (χ2v) is 5.53. The maximum atomic E-state index is 13.8. The fourth-order valence-electron chi connectivity index (χ4n) is 2.35. The molecule has 1 aromatic rings. The van der Waals surface area contributed by atoms with Gasteiger partial charge in [0.2, 0.25) is 11.8 Å². The molecule has 2 amide bonds. The molecule has 0 unspecified atom stereocenters. The predicted molar refractivity (Wildman–Crippen MR) is 104 cm³/mol. The Bertz CT molecular complexity index is 587. The van der Waals surface area contributed by atoms with E-state index in [0.717, 1.165) is 13.1 Å². The first-order valence-corrected chi connectivity index (χ1v) is 7.98. The molecule has 1 fully saturated rings. The summed E-state index contributed by atoms with van der Waals surface area (Å²) in [6.45, 7) is 3.76. The third-order valence-corrected chi connectivity index (χ3v) is 3.65. The molecule has 2 rings (SSSR count). The summed E-state index contributed by atoms with van der Waals surface area (Å²) < 4.78 is 19.1. The molecule has 0 bridgehead atoms. The van der Waals surface area contributed by atoms with E-state index in [1.807, 2.05) is 0 Å². The van der Waals surface area contributed by atoms with Crippen LogP contribution in [0.4, 0.5) is 15.8 Å². The van der Waals surface area contributed by atoms with Gasteiger partial charge in [0, 0.05) is 44.7 Å². The van der Waals surface area contributed by atoms with Gasteiger partial charge in [0.25, 0.3) is 0 Å². The highest BCUT2D eigenvalue weighted by Crippen LogP contribution is 2.20. The number of nitrogens with one attached hydrogen (secondary N) is 2. The van der Waals surface area contributed by atoms with Gasteiger partial charge >= 0.3 is 0 Å². The lowest BCUT2D eigenvalue weighted by atomic mass is 10.2. The van der Waals surface area contributed by atoms with Gasteiger partial charge < -0.3 is 21.1 Å². The Morgan fingerprint density at radius 2 is 1.77 bits per heavy atom. The number of benzene rings is 1. The molecule has 0 spiro atoms. The van der Waals surface area contributed by atoms with Gasteiger partial charge in [-0.15, -0.1) is 24.8 Å². The highest BCUT2D eigenvalue weighted by atomic mass is 35.5. The predicted octanol–water partition coefficient (Wildman–Crippen LogP) is 1.62. The standard InChI is InChI=1S/C16H23FN4O3.2ClH/c17-13-2-1-12(19-15(22)3-5-18)11-14(13)20-16(23)4-6-21-7-9-24-10-8-21;;/h1-2,11H,3-10,18H2,(H,19,22)(H,20,23);2*1H. The minimum absolute atomic E-state index is 0. The van der Waals surface area contributed by atoms with Crippen LogP contribution in [0.2, 0.25) is 0 Å². The molecule has 0 aromatic heterocycles. The van der Waals surface area contributed by atoms with Crippen molar-refractivity contribution in [3.8, 4) is 0 Å². The number of ether oxygens (including phenoxy) is 1. The molecule has 1 aromatic carbocycles. The third-order valence-electron chi connectivity index (χ3n) is 3.65. The number of rotatable bonds is 7. The Kier molecular flexibility index (Phi) is 12.1. The molecule has 1 aliphatic rings. The minimum Gasteiger partial charge on any atom is -0.379 e. The van der Waals surface area contributed by atoms with Gasteiger partial charge in [0.15, 0.2) is 0 Å². The Morgan fingerprint density at radius 1 is 1.12 bits per heavy atom. The smallest absolute Gasteiger partial charge is 0.225 e. The summed E-state index contributed by atoms with van der Waals surface area (Å²) in [5, 5.41) is 5.16. The zero-order chi connectivity index (χ0) is 17.4. The van der Waals surface area contributed by atoms with E-state index in [0.29, 0.717) is 25.4 Å². The van der Waals surface area contributed by atoms with Gasteiger partial charge in [-0.25, -0.2) is 4.39 Å². The van der Waals surface area contributed by atoms with Crippen molar-refractivity contribution in [1.29, 1.82) is 0 Å². The van der Waals surface area contributed by atoms with Crippen LogP contribution >= 0.6 is 24.8 Å². The Balaban J connectivity index is 0.00000312. The molecule has 1 aliphatic heterocycles. The second kappa shape index (κ2) is 12.8. The van der Waals surface area contributed by atoms with E-state index >= 15 is 0 Å². The van der Waals surface area contributed by atoms with Gasteiger partial charge in [0.1, 0.15) is 5.82 Å². The maximum Gasteiger partial charge on any atom is 0.225 e. The molecule has 148 valence electrons. The fraction of sp³-hybridized carbons (Fsp3) is 0.500. The monoisotopic (exact) mass is 410 g/mol. The fourth-order valence-corrected chi connectivity index (χ4v) is 2.35. The normalized spacial score (nSPS) is 13.9. The zero-order valence-electron chi connectivity index (χ0n) is 14.3. The van der Waals surface area contributed by atoms with Crippen LogP contribution in [-0.4, -0.2) is 56.1 Å². The molecule has 0 saturated carbocycles. The van der Waals surface area contributed by atoms with E-state index in [2.05, 4.69) is 15.5 Å². The van der Waals surface area contributed by atoms with Gasteiger partial charge in [-0.1, -0.05) is 0 Å². The van der Waals surface area contributed by atoms with Gasteiger partial charge in [-0.3, -0.25) is 14.5 Å². The van der Waals surface area contributed by atoms with E-state index < -0.39 is 5.82 Å². The summed E-state index contributed by atoms with van der Waals surface area (Å²) in [5.41, 5.74) is 5.77. The van der Waals surface area contributed by atoms with Crippen molar-refractivity contribution < 1.29 is 18.7 Å². The van der Waals surface area contributed by atoms with E-state index in [1.165, 1.54) is 18.2 Å². The summed E-state index contributed by atoms with van der Waals surface area (Å²) in [6, 6.07) is 4.04. The largest absolute Gasteiger partial charge is 0.379 e. The molecule has 0 aliphatic carbocycles. The molecule has 26 heavy (non-hydrogen) atoms. The molecule has 4 N–H and O–H groups in total. The number of halogens is 3. The molecule has 1 heterocycles. The van der Waals surface area contributed by atoms with Gasteiger partial charge in [-0.05, 0) is 18.2 Å². The first-order chi connectivity index (χ1) is 11.6. The number of hydrogen-bond donors (Lipinski definition) is 3. The highest BCUT2D eigenvalue weighted by molar-refractivity contribution is 5.94. The number of anilines is 2. The van der Waals surface area contributed by atoms with Crippen LogP contribution in [0.15, 0.2) is 18.2 Å². The summed E-state index contributed by atoms with van der Waals surface area (Å²) in [7, 11) is 0. The highest BCUT2D eigenvalue weighted by Gasteiger charge is 2.13. The number of amides is 2. The number of nitrogens with two attached hydrogens (primary N) is 1. The maximum absolute atomic E-state index is 13.8. The van der Waals surface area contributed by atoms with E-state index in [1.54, 1.807) is 0 Å². The summed E-state index contributed by atoms with van der Waals surface area (Å²) in [6.07, 6.45) is 0.446. The molecular formula is C16H25Cl2FN4O3. The molecule has 0 atom stereocenters. The first-order valence-electron chi connectivity index (χ1n) is 7.98. The minimum atomic E-state index is -0.549. The molecule has 1 saturated heterocycles. The van der Waals surface area contributed by atoms with Crippen LogP contribution < -0.4 is 16.4 Å².